The molecule has 3 fully saturated rings. The number of esters is 1. The highest BCUT2D eigenvalue weighted by molar-refractivity contribution is 7.91. The van der Waals surface area contributed by atoms with E-state index in [9.17, 15) is 40.8 Å². The Kier molecular flexibility index (Phi) is 14.2. The number of nitrogens with one attached hydrogen (secondary N) is 1. The van der Waals surface area contributed by atoms with Crippen LogP contribution in [0.3, 0.4) is 0 Å². The molecule has 2 aliphatic carbocycles. The molecule has 0 spiro atoms. The molecular formula is C50H61F3N4O10S. The van der Waals surface area contributed by atoms with Crippen LogP contribution in [0.2, 0.25) is 0 Å². The summed E-state index contributed by atoms with van der Waals surface area (Å²) in [5.41, 5.74) is -3.41. The van der Waals surface area contributed by atoms with Crippen molar-refractivity contribution < 1.29 is 59.8 Å². The smallest absolute Gasteiger partial charge is 0.427 e. The van der Waals surface area contributed by atoms with Crippen molar-refractivity contribution >= 4 is 56.0 Å². The summed E-state index contributed by atoms with van der Waals surface area (Å²) in [5.74, 6) is -5.12. The summed E-state index contributed by atoms with van der Waals surface area (Å²) < 4.78 is 87.0. The van der Waals surface area contributed by atoms with Crippen LogP contribution in [0.5, 0.6) is 11.6 Å². The van der Waals surface area contributed by atoms with E-state index in [-0.39, 0.29) is 37.1 Å². The van der Waals surface area contributed by atoms with Crippen molar-refractivity contribution in [3.8, 4) is 11.6 Å². The number of sulfonamides is 1. The van der Waals surface area contributed by atoms with Gasteiger partial charge in [0.15, 0.2) is 5.78 Å². The van der Waals surface area contributed by atoms with Gasteiger partial charge in [0.05, 0.1) is 54.1 Å². The van der Waals surface area contributed by atoms with E-state index in [0.29, 0.717) is 66.3 Å². The van der Waals surface area contributed by atoms with Crippen molar-refractivity contribution in [2.24, 2.45) is 29.1 Å². The Balaban J connectivity index is 1.26. The molecule has 3 amide bonds. The first-order valence-corrected chi connectivity index (χ1v) is 24.7. The fourth-order valence-electron chi connectivity index (χ4n) is 9.62. The van der Waals surface area contributed by atoms with Crippen molar-refractivity contribution in [3.63, 3.8) is 0 Å². The lowest BCUT2D eigenvalue weighted by Crippen LogP contribution is -2.49. The first-order chi connectivity index (χ1) is 31.9. The van der Waals surface area contributed by atoms with Gasteiger partial charge in [0.2, 0.25) is 33.3 Å². The Hall–Kier alpha value is -5.52. The predicted octanol–water partition coefficient (Wildman–Crippen LogP) is 8.13. The van der Waals surface area contributed by atoms with Gasteiger partial charge < -0.3 is 24.0 Å². The lowest BCUT2D eigenvalue weighted by atomic mass is 9.79. The van der Waals surface area contributed by atoms with E-state index in [1.54, 1.807) is 62.5 Å². The largest absolute Gasteiger partial charge is 0.497 e. The van der Waals surface area contributed by atoms with Crippen LogP contribution in [0.25, 0.3) is 10.8 Å². The number of benzene rings is 2. The molecule has 1 N–H and O–H groups in total. The standard InChI is InChI=1S/C50H61F3N4O10S/c1-8-31-22-30(2)14-12-13-17-33-26-49(33,46(62)55-68(63,64)48(5)20-21-48)27-41(58)39-24-35(29-57(39)45(61)37(31)25-42(59)67-47(3,4)50(51,52)53)66-43-36-19-18-34(65-7)23-38(36)40(28-54-43)56(6)44(60)32-15-10-9-11-16-32/h9-11,13,15-19,23,28,30-31,33,35,37,39H,8,12,14,20-22,24-27,29H2,1-7H3,(H,55,62)/b17-13-/t30-,31-,33-,35-,37+,39+,49-/m1/s1. The normalized spacial score (nSPS) is 26.9. The second kappa shape index (κ2) is 19.1. The number of hydrogen-bond donors (Lipinski definition) is 1. The number of Topliss-reactive ketones (excluding diaryl/α,β-unsaturated/α-hetero) is 1. The minimum atomic E-state index is -4.90. The number of anilines is 1. The molecule has 7 atom stereocenters. The van der Waals surface area contributed by atoms with Crippen molar-refractivity contribution in [1.29, 1.82) is 0 Å². The Bertz CT molecular complexity index is 2580. The average molecular weight is 967 g/mol. The summed E-state index contributed by atoms with van der Waals surface area (Å²) in [6, 6.07) is 12.6. The van der Waals surface area contributed by atoms with Gasteiger partial charge in [-0.1, -0.05) is 50.6 Å². The maximum atomic E-state index is 15.2. The first kappa shape index (κ1) is 50.4. The van der Waals surface area contributed by atoms with Gasteiger partial charge in [0.1, 0.15) is 11.9 Å². The Morgan fingerprint density at radius 2 is 1.74 bits per heavy atom. The van der Waals surface area contributed by atoms with Crippen LogP contribution in [-0.2, 0) is 33.9 Å². The maximum Gasteiger partial charge on any atom is 0.427 e. The third-order valence-electron chi connectivity index (χ3n) is 14.6. The molecule has 14 nitrogen and oxygen atoms in total. The molecule has 2 aromatic carbocycles. The van der Waals surface area contributed by atoms with Crippen LogP contribution >= 0.6 is 0 Å². The predicted molar refractivity (Wildman–Crippen MR) is 247 cm³/mol. The Morgan fingerprint density at radius 3 is 2.38 bits per heavy atom. The molecule has 368 valence electrons. The highest BCUT2D eigenvalue weighted by Crippen LogP contribution is 2.58. The van der Waals surface area contributed by atoms with Crippen molar-refractivity contribution in [2.45, 2.75) is 127 Å². The van der Waals surface area contributed by atoms with E-state index in [0.717, 1.165) is 13.8 Å². The van der Waals surface area contributed by atoms with Crippen molar-refractivity contribution in [2.75, 3.05) is 25.6 Å². The van der Waals surface area contributed by atoms with Crippen LogP contribution in [-0.4, -0.2) is 97.1 Å². The average Bonchev–Trinajstić information content (AvgIpc) is 4.17. The van der Waals surface area contributed by atoms with Gasteiger partial charge in [-0.05, 0) is 107 Å². The maximum absolute atomic E-state index is 15.2. The lowest BCUT2D eigenvalue weighted by molar-refractivity contribution is -0.257. The number of aromatic nitrogens is 1. The molecule has 2 aliphatic heterocycles. The third kappa shape index (κ3) is 10.3. The molecule has 18 heteroatoms. The van der Waals surface area contributed by atoms with E-state index in [2.05, 4.69) is 9.71 Å². The zero-order chi connectivity index (χ0) is 49.6. The van der Waals surface area contributed by atoms with Gasteiger partial charge in [0.25, 0.3) is 5.91 Å². The molecule has 0 unspecified atom stereocenters. The highest BCUT2D eigenvalue weighted by atomic mass is 32.2. The summed E-state index contributed by atoms with van der Waals surface area (Å²) in [4.78, 5) is 78.9. The molecule has 4 aliphatic rings. The van der Waals surface area contributed by atoms with Crippen LogP contribution in [0.1, 0.15) is 109 Å². The number of alkyl halides is 3. The van der Waals surface area contributed by atoms with Crippen LogP contribution < -0.4 is 19.1 Å². The zero-order valence-electron chi connectivity index (χ0n) is 39.6. The monoisotopic (exact) mass is 966 g/mol. The quantitative estimate of drug-likeness (QED) is 0.137. The number of fused-ring (bicyclic) bond motifs is 3. The Morgan fingerprint density at radius 1 is 1.03 bits per heavy atom. The van der Waals surface area contributed by atoms with Crippen LogP contribution in [0, 0.1) is 29.1 Å². The van der Waals surface area contributed by atoms with Gasteiger partial charge in [-0.15, -0.1) is 0 Å². The minimum absolute atomic E-state index is 0.0144. The number of pyridine rings is 1. The third-order valence-corrected chi connectivity index (χ3v) is 16.7. The number of allylic oxidation sites excluding steroid dienone is 2. The minimum Gasteiger partial charge on any atom is -0.497 e. The van der Waals surface area contributed by atoms with Gasteiger partial charge in [-0.2, -0.15) is 13.2 Å². The summed E-state index contributed by atoms with van der Waals surface area (Å²) in [6.45, 7) is 6.64. The molecule has 68 heavy (non-hydrogen) atoms. The summed E-state index contributed by atoms with van der Waals surface area (Å²) in [5, 5.41) is 1.01. The fourth-order valence-corrected chi connectivity index (χ4v) is 10.9. The number of ketones is 1. The van der Waals surface area contributed by atoms with E-state index in [4.69, 9.17) is 14.2 Å². The van der Waals surface area contributed by atoms with Crippen molar-refractivity contribution in [1.82, 2.24) is 14.6 Å². The van der Waals surface area contributed by atoms with Crippen LogP contribution in [0.4, 0.5) is 18.9 Å². The number of ether oxygens (including phenoxy) is 3. The van der Waals surface area contributed by atoms with E-state index in [1.807, 2.05) is 26.0 Å². The van der Waals surface area contributed by atoms with E-state index < -0.39 is 98.3 Å². The zero-order valence-corrected chi connectivity index (χ0v) is 40.4. The highest BCUT2D eigenvalue weighted by Gasteiger charge is 2.63. The lowest BCUT2D eigenvalue weighted by Gasteiger charge is -2.34. The summed E-state index contributed by atoms with van der Waals surface area (Å²) in [7, 11) is -0.966. The number of carbonyl (C=O) groups is 5. The molecule has 3 heterocycles. The number of hydrogen-bond acceptors (Lipinski definition) is 11. The molecular weight excluding hydrogens is 906 g/mol. The Labute approximate surface area is 395 Å². The van der Waals surface area contributed by atoms with E-state index >= 15 is 4.79 Å². The number of halogens is 3. The molecule has 3 aromatic rings. The SMILES string of the molecule is CC[C@@H]1C[C@H](C)CC/C=C\[C@@H]2C[C@@]2(C(=O)NS(=O)(=O)C2(C)CC2)CC(=O)[C@@H]2C[C@@H](Oc3ncc(N(C)C(=O)c4ccccc4)c4cc(OC)ccc34)CN2C(=O)[C@H]1CC(=O)OC(C)(C)C(F)(F)F. The number of methoxy groups -OCH3 is 1. The van der Waals surface area contributed by atoms with Crippen molar-refractivity contribution in [3.05, 3.63) is 72.4 Å². The molecule has 0 bridgehead atoms. The molecule has 0 radical (unpaired) electrons. The number of nitrogens with zero attached hydrogens (tertiary/aromatic N) is 3. The molecule has 7 rings (SSSR count). The second-order valence-corrected chi connectivity index (χ2v) is 22.1. The summed E-state index contributed by atoms with van der Waals surface area (Å²) >= 11 is 0. The summed E-state index contributed by atoms with van der Waals surface area (Å²) in [6.07, 6.45) is 1.20. The van der Waals surface area contributed by atoms with Gasteiger partial charge in [-0.3, -0.25) is 28.7 Å². The van der Waals surface area contributed by atoms with Gasteiger partial charge in [0, 0.05) is 36.2 Å². The number of amides is 3. The van der Waals surface area contributed by atoms with Gasteiger partial charge >= 0.3 is 12.1 Å². The number of carbonyl (C=O) groups excluding carboxylic acids is 5. The topological polar surface area (TPSA) is 179 Å². The molecule has 2 saturated carbocycles. The van der Waals surface area contributed by atoms with E-state index in [1.165, 1.54) is 23.1 Å². The van der Waals surface area contributed by atoms with Crippen LogP contribution in [0.15, 0.2) is 66.9 Å². The second-order valence-electron chi connectivity index (χ2n) is 19.9. The molecule has 1 aromatic heterocycles. The van der Waals surface area contributed by atoms with Gasteiger partial charge in [-0.25, -0.2) is 13.4 Å². The first-order valence-electron chi connectivity index (χ1n) is 23.3. The number of rotatable bonds is 12. The fraction of sp³-hybridized carbons (Fsp3) is 0.560. The molecule has 1 saturated heterocycles.